The normalized spacial score (nSPS) is 17.1. The second kappa shape index (κ2) is 11.4. The first-order valence-electron chi connectivity index (χ1n) is 14.3. The first-order chi connectivity index (χ1) is 19.5. The number of hydrogen-bond donors (Lipinski definition) is 1. The van der Waals surface area contributed by atoms with Crippen LogP contribution in [0.25, 0.3) is 22.2 Å². The second-order valence-corrected chi connectivity index (χ2v) is 11.0. The van der Waals surface area contributed by atoms with Crippen LogP contribution < -0.4 is 5.32 Å². The molecule has 0 atom stereocenters. The van der Waals surface area contributed by atoms with Crippen molar-refractivity contribution in [1.82, 2.24) is 29.3 Å². The number of anilines is 2. The van der Waals surface area contributed by atoms with E-state index in [4.69, 9.17) is 0 Å². The largest absolute Gasteiger partial charge is 0.344 e. The van der Waals surface area contributed by atoms with Crippen molar-refractivity contribution in [2.45, 2.75) is 52.1 Å². The minimum Gasteiger partial charge on any atom is -0.344 e. The van der Waals surface area contributed by atoms with Gasteiger partial charge in [-0.2, -0.15) is 0 Å². The molecule has 9 heteroatoms. The van der Waals surface area contributed by atoms with E-state index >= 15 is 0 Å². The number of nitrogens with one attached hydrogen (secondary N) is 1. The van der Waals surface area contributed by atoms with Gasteiger partial charge in [0, 0.05) is 73.2 Å². The summed E-state index contributed by atoms with van der Waals surface area (Å²) < 4.78 is 17.2. The van der Waals surface area contributed by atoms with Crippen LogP contribution in [0.2, 0.25) is 0 Å². The van der Waals surface area contributed by atoms with Gasteiger partial charge in [0.1, 0.15) is 11.5 Å². The maximum atomic E-state index is 15.0. The van der Waals surface area contributed by atoms with Crippen molar-refractivity contribution in [2.24, 2.45) is 0 Å². The molecule has 4 aromatic rings. The molecule has 8 nitrogen and oxygen atoms in total. The Bertz CT molecular complexity index is 1500. The van der Waals surface area contributed by atoms with Gasteiger partial charge in [0.2, 0.25) is 5.95 Å². The predicted octanol–water partition coefficient (Wildman–Crippen LogP) is 5.83. The summed E-state index contributed by atoms with van der Waals surface area (Å²) in [4.78, 5) is 30.6. The molecular weight excluding hydrogens is 505 g/mol. The smallest absolute Gasteiger partial charge is 0.229 e. The molecule has 2 fully saturated rings. The fourth-order valence-corrected chi connectivity index (χ4v) is 6.03. The van der Waals surface area contributed by atoms with E-state index in [1.807, 2.05) is 36.7 Å². The summed E-state index contributed by atoms with van der Waals surface area (Å²) in [6.45, 7) is 10.1. The monoisotopic (exact) mass is 541 g/mol. The molecule has 1 saturated heterocycles. The minimum atomic E-state index is -0.518. The third-order valence-corrected chi connectivity index (χ3v) is 8.33. The second-order valence-electron chi connectivity index (χ2n) is 11.0. The Balaban J connectivity index is 1.21. The summed E-state index contributed by atoms with van der Waals surface area (Å²) in [5.74, 6) is 0.348. The van der Waals surface area contributed by atoms with Gasteiger partial charge >= 0.3 is 0 Å². The lowest BCUT2D eigenvalue weighted by molar-refractivity contribution is 0.101. The van der Waals surface area contributed by atoms with Crippen molar-refractivity contribution in [3.63, 3.8) is 0 Å². The van der Waals surface area contributed by atoms with Crippen molar-refractivity contribution in [3.8, 4) is 11.3 Å². The molecule has 0 spiro atoms. The number of carbonyl (C=O) groups is 1. The van der Waals surface area contributed by atoms with Gasteiger partial charge in [0.15, 0.2) is 11.6 Å². The van der Waals surface area contributed by atoms with Crippen LogP contribution in [0.3, 0.4) is 0 Å². The van der Waals surface area contributed by atoms with Crippen LogP contribution in [0.4, 0.5) is 16.2 Å². The molecule has 0 amide bonds. The molecule has 40 heavy (non-hydrogen) atoms. The average Bonchev–Trinajstić information content (AvgIpc) is 3.63. The summed E-state index contributed by atoms with van der Waals surface area (Å²) in [7, 11) is 0. The van der Waals surface area contributed by atoms with Gasteiger partial charge < -0.3 is 14.8 Å². The first-order valence-corrected chi connectivity index (χ1v) is 14.3. The number of hydrogen-bond acceptors (Lipinski definition) is 7. The fourth-order valence-electron chi connectivity index (χ4n) is 6.03. The summed E-state index contributed by atoms with van der Waals surface area (Å²) in [6.07, 6.45) is 9.64. The third-order valence-electron chi connectivity index (χ3n) is 8.33. The molecule has 0 bridgehead atoms. The van der Waals surface area contributed by atoms with Crippen LogP contribution in [0.15, 0.2) is 48.9 Å². The number of carbonyl (C=O) groups excluding carboxylic acids is 1. The van der Waals surface area contributed by atoms with Crippen molar-refractivity contribution in [1.29, 1.82) is 0 Å². The lowest BCUT2D eigenvalue weighted by atomic mass is 10.0. The van der Waals surface area contributed by atoms with E-state index < -0.39 is 5.82 Å². The Morgan fingerprint density at radius 3 is 2.50 bits per heavy atom. The van der Waals surface area contributed by atoms with E-state index in [0.717, 1.165) is 68.6 Å². The Morgan fingerprint density at radius 1 is 1.02 bits per heavy atom. The molecule has 1 N–H and O–H groups in total. The number of pyridine rings is 1. The van der Waals surface area contributed by atoms with Gasteiger partial charge in [-0.05, 0) is 50.1 Å². The number of rotatable bonds is 8. The Kier molecular flexibility index (Phi) is 7.58. The molecule has 1 saturated carbocycles. The molecule has 0 radical (unpaired) electrons. The van der Waals surface area contributed by atoms with Crippen LogP contribution >= 0.6 is 0 Å². The fraction of sp³-hybridized carbons (Fsp3) is 0.419. The van der Waals surface area contributed by atoms with E-state index in [2.05, 4.69) is 47.6 Å². The highest BCUT2D eigenvalue weighted by molar-refractivity contribution is 6.08. The zero-order chi connectivity index (χ0) is 27.6. The molecule has 1 aromatic carbocycles. The Labute approximate surface area is 234 Å². The highest BCUT2D eigenvalue weighted by atomic mass is 19.1. The number of piperazine rings is 1. The lowest BCUT2D eigenvalue weighted by Gasteiger charge is -2.33. The number of Topliss-reactive ketones (excluding diaryl/α,β-unsaturated/α-hetero) is 1. The number of fused-ring (bicyclic) bond motifs is 1. The third kappa shape index (κ3) is 5.48. The van der Waals surface area contributed by atoms with Crippen LogP contribution in [0.5, 0.6) is 0 Å². The van der Waals surface area contributed by atoms with E-state index in [1.165, 1.54) is 19.0 Å². The van der Waals surface area contributed by atoms with Crippen molar-refractivity contribution in [3.05, 3.63) is 65.9 Å². The number of halogens is 1. The molecule has 6 rings (SSSR count). The zero-order valence-electron chi connectivity index (χ0n) is 23.2. The maximum absolute atomic E-state index is 15.0. The molecule has 1 aliphatic heterocycles. The van der Waals surface area contributed by atoms with E-state index in [9.17, 15) is 9.18 Å². The van der Waals surface area contributed by atoms with Gasteiger partial charge in [-0.25, -0.2) is 19.3 Å². The number of ketones is 1. The Hall–Kier alpha value is -3.69. The SMILES string of the molecule is CCN1CCN(Cc2ccc(Nc3ncc(F)c(-c4ccc5c(c4)c(C(C)=O)cn5C4CCCC4)n3)nc2)CC1. The molecule has 3 aromatic heterocycles. The summed E-state index contributed by atoms with van der Waals surface area (Å²) in [5, 5.41) is 3.95. The number of aromatic nitrogens is 4. The first kappa shape index (κ1) is 26.5. The summed E-state index contributed by atoms with van der Waals surface area (Å²) >= 11 is 0. The predicted molar refractivity (Wildman–Crippen MR) is 155 cm³/mol. The zero-order valence-corrected chi connectivity index (χ0v) is 23.2. The van der Waals surface area contributed by atoms with Gasteiger partial charge in [-0.3, -0.25) is 9.69 Å². The van der Waals surface area contributed by atoms with Crippen molar-refractivity contribution < 1.29 is 9.18 Å². The van der Waals surface area contributed by atoms with Gasteiger partial charge in [0.05, 0.1) is 6.20 Å². The van der Waals surface area contributed by atoms with E-state index in [1.54, 1.807) is 6.92 Å². The van der Waals surface area contributed by atoms with Crippen LogP contribution in [0.1, 0.15) is 61.5 Å². The quantitative estimate of drug-likeness (QED) is 0.281. The molecule has 4 heterocycles. The Morgan fingerprint density at radius 2 is 1.80 bits per heavy atom. The summed E-state index contributed by atoms with van der Waals surface area (Å²) in [6, 6.07) is 10.1. The maximum Gasteiger partial charge on any atom is 0.229 e. The van der Waals surface area contributed by atoms with E-state index in [-0.39, 0.29) is 17.4 Å². The highest BCUT2D eigenvalue weighted by Crippen LogP contribution is 2.36. The van der Waals surface area contributed by atoms with Gasteiger partial charge in [-0.1, -0.05) is 31.9 Å². The van der Waals surface area contributed by atoms with Crippen LogP contribution in [0, 0.1) is 5.82 Å². The van der Waals surface area contributed by atoms with Gasteiger partial charge in [-0.15, -0.1) is 0 Å². The van der Waals surface area contributed by atoms with Crippen LogP contribution in [-0.4, -0.2) is 67.8 Å². The molecule has 0 unspecified atom stereocenters. The summed E-state index contributed by atoms with van der Waals surface area (Å²) in [5.41, 5.74) is 3.60. The minimum absolute atomic E-state index is 0.00199. The van der Waals surface area contributed by atoms with Crippen molar-refractivity contribution >= 4 is 28.5 Å². The van der Waals surface area contributed by atoms with E-state index in [0.29, 0.717) is 23.0 Å². The molecular formula is C31H36FN7O. The average molecular weight is 542 g/mol. The highest BCUT2D eigenvalue weighted by Gasteiger charge is 2.22. The molecule has 2 aliphatic rings. The number of likely N-dealkylation sites (N-methyl/N-ethyl adjacent to an activating group) is 1. The number of benzene rings is 1. The molecule has 208 valence electrons. The number of nitrogens with zero attached hydrogens (tertiary/aromatic N) is 6. The van der Waals surface area contributed by atoms with Crippen LogP contribution in [-0.2, 0) is 6.54 Å². The van der Waals surface area contributed by atoms with Crippen molar-refractivity contribution in [2.75, 3.05) is 38.0 Å². The standard InChI is InChI=1S/C31H36FN7O/c1-3-37-12-14-38(15-13-37)19-22-8-11-29(33-17-22)35-31-34-18-27(32)30(36-31)23-9-10-28-25(16-23)26(21(2)40)20-39(28)24-6-4-5-7-24/h8-11,16-18,20,24H,3-7,12-15,19H2,1-2H3,(H,33,34,35,36). The molecule has 1 aliphatic carbocycles. The van der Waals surface area contributed by atoms with Gasteiger partial charge in [0.25, 0.3) is 0 Å². The topological polar surface area (TPSA) is 79.2 Å². The lowest BCUT2D eigenvalue weighted by Crippen LogP contribution is -2.45.